The van der Waals surface area contributed by atoms with E-state index in [0.29, 0.717) is 5.69 Å². The van der Waals surface area contributed by atoms with E-state index in [-0.39, 0.29) is 4.90 Å². The summed E-state index contributed by atoms with van der Waals surface area (Å²) in [6.45, 7) is 1.39. The lowest BCUT2D eigenvalue weighted by Gasteiger charge is -2.09. The number of nitrogens with zero attached hydrogens (tertiary/aromatic N) is 1. The zero-order valence-corrected chi connectivity index (χ0v) is 12.6. The van der Waals surface area contributed by atoms with Crippen molar-refractivity contribution in [3.05, 3.63) is 58.5 Å². The van der Waals surface area contributed by atoms with Gasteiger partial charge >= 0.3 is 0 Å². The molecule has 0 spiro atoms. The van der Waals surface area contributed by atoms with Crippen LogP contribution < -0.4 is 16.0 Å². The molecule has 3 N–H and O–H groups in total. The number of pyridine rings is 1. The molecule has 0 saturated carbocycles. The van der Waals surface area contributed by atoms with Crippen molar-refractivity contribution in [2.24, 2.45) is 0 Å². The minimum Gasteiger partial charge on any atom is -0.398 e. The summed E-state index contributed by atoms with van der Waals surface area (Å²) in [5.41, 5.74) is 6.28. The summed E-state index contributed by atoms with van der Waals surface area (Å²) in [7, 11) is -3.97. The van der Waals surface area contributed by atoms with Crippen molar-refractivity contribution in [3.63, 3.8) is 0 Å². The predicted octanol–water partition coefficient (Wildman–Crippen LogP) is 0.244. The number of sulfonamides is 1. The number of carbonyl (C=O) groups is 1. The highest BCUT2D eigenvalue weighted by molar-refractivity contribution is 7.90. The van der Waals surface area contributed by atoms with Gasteiger partial charge in [0, 0.05) is 18.0 Å². The third-order valence-corrected chi connectivity index (χ3v) is 4.29. The van der Waals surface area contributed by atoms with Crippen molar-refractivity contribution in [1.82, 2.24) is 9.29 Å². The maximum Gasteiger partial charge on any atom is 0.264 e. The molecule has 2 aromatic rings. The second kappa shape index (κ2) is 6.02. The van der Waals surface area contributed by atoms with Crippen LogP contribution in [-0.2, 0) is 21.4 Å². The minimum absolute atomic E-state index is 0.0219. The molecule has 1 amide bonds. The van der Waals surface area contributed by atoms with Crippen molar-refractivity contribution in [2.45, 2.75) is 18.4 Å². The Bertz CT molecular complexity index is 854. The number of aryl methyl sites for hydroxylation is 1. The molecule has 0 aliphatic heterocycles. The van der Waals surface area contributed by atoms with Crippen molar-refractivity contribution in [1.29, 1.82) is 0 Å². The van der Waals surface area contributed by atoms with E-state index < -0.39 is 28.0 Å². The number of nitrogens with two attached hydrogens (primary N) is 1. The van der Waals surface area contributed by atoms with Crippen LogP contribution in [0.5, 0.6) is 0 Å². The Kier molecular flexibility index (Phi) is 4.32. The largest absolute Gasteiger partial charge is 0.398 e. The summed E-state index contributed by atoms with van der Waals surface area (Å²) < 4.78 is 27.1. The molecule has 0 bridgehead atoms. The highest BCUT2D eigenvalue weighted by Crippen LogP contribution is 2.09. The smallest absolute Gasteiger partial charge is 0.264 e. The average Bonchev–Trinajstić information content (AvgIpc) is 2.42. The van der Waals surface area contributed by atoms with Crippen molar-refractivity contribution in [3.8, 4) is 0 Å². The summed E-state index contributed by atoms with van der Waals surface area (Å²) in [6.07, 6.45) is 1.28. The molecule has 7 nitrogen and oxygen atoms in total. The van der Waals surface area contributed by atoms with Gasteiger partial charge in [-0.3, -0.25) is 9.59 Å². The van der Waals surface area contributed by atoms with Crippen LogP contribution in [-0.4, -0.2) is 18.9 Å². The number of benzene rings is 1. The van der Waals surface area contributed by atoms with Gasteiger partial charge in [-0.25, -0.2) is 13.1 Å². The Hall–Kier alpha value is -2.61. The van der Waals surface area contributed by atoms with E-state index in [9.17, 15) is 18.0 Å². The molecule has 2 rings (SSSR count). The SMILES string of the molecule is Cc1ccc(S(=O)(=O)NC(=O)Cn2cc(N)ccc2=O)cc1. The molecule has 0 aliphatic carbocycles. The second-order valence-electron chi connectivity index (χ2n) is 4.77. The molecule has 1 aromatic carbocycles. The monoisotopic (exact) mass is 321 g/mol. The molecule has 1 aromatic heterocycles. The average molecular weight is 321 g/mol. The van der Waals surface area contributed by atoms with E-state index in [4.69, 9.17) is 5.73 Å². The molecule has 0 atom stereocenters. The first-order valence-corrected chi connectivity index (χ1v) is 7.84. The number of nitrogens with one attached hydrogen (secondary N) is 1. The van der Waals surface area contributed by atoms with E-state index in [2.05, 4.69) is 0 Å². The maximum atomic E-state index is 12.1. The number of hydrogen-bond acceptors (Lipinski definition) is 5. The van der Waals surface area contributed by atoms with E-state index in [1.807, 2.05) is 11.6 Å². The minimum atomic E-state index is -3.97. The van der Waals surface area contributed by atoms with Gasteiger partial charge in [0.2, 0.25) is 0 Å². The van der Waals surface area contributed by atoms with Gasteiger partial charge in [0.05, 0.1) is 4.90 Å². The van der Waals surface area contributed by atoms with E-state index in [0.717, 1.165) is 10.1 Å². The first kappa shape index (κ1) is 15.8. The summed E-state index contributed by atoms with van der Waals surface area (Å²) in [4.78, 5) is 23.4. The van der Waals surface area contributed by atoms with Crippen molar-refractivity contribution >= 4 is 21.6 Å². The highest BCUT2D eigenvalue weighted by Gasteiger charge is 2.17. The molecular formula is C14H15N3O4S. The number of amides is 1. The van der Waals surface area contributed by atoms with Crippen LogP contribution in [0.4, 0.5) is 5.69 Å². The molecule has 0 aliphatic rings. The zero-order valence-electron chi connectivity index (χ0n) is 11.8. The van der Waals surface area contributed by atoms with Crippen LogP contribution in [0.25, 0.3) is 0 Å². The number of nitrogen functional groups attached to an aromatic ring is 1. The third-order valence-electron chi connectivity index (χ3n) is 2.90. The van der Waals surface area contributed by atoms with Crippen molar-refractivity contribution < 1.29 is 13.2 Å². The van der Waals surface area contributed by atoms with Gasteiger partial charge in [0.15, 0.2) is 0 Å². The summed E-state index contributed by atoms with van der Waals surface area (Å²) in [5.74, 6) is -0.826. The fourth-order valence-corrected chi connectivity index (χ4v) is 2.76. The molecular weight excluding hydrogens is 306 g/mol. The van der Waals surface area contributed by atoms with Crippen LogP contribution in [0.1, 0.15) is 5.56 Å². The normalized spacial score (nSPS) is 11.1. The van der Waals surface area contributed by atoms with Gasteiger partial charge in [0.25, 0.3) is 21.5 Å². The van der Waals surface area contributed by atoms with Crippen LogP contribution in [0.3, 0.4) is 0 Å². The Morgan fingerprint density at radius 3 is 2.45 bits per heavy atom. The lowest BCUT2D eigenvalue weighted by atomic mass is 10.2. The van der Waals surface area contributed by atoms with Gasteiger partial charge in [0.1, 0.15) is 6.54 Å². The zero-order chi connectivity index (χ0) is 16.3. The summed E-state index contributed by atoms with van der Waals surface area (Å²) in [5, 5.41) is 0. The maximum absolute atomic E-state index is 12.1. The molecule has 8 heteroatoms. The van der Waals surface area contributed by atoms with E-state index in [1.165, 1.54) is 30.5 Å². The van der Waals surface area contributed by atoms with Crippen LogP contribution in [0.15, 0.2) is 52.3 Å². The van der Waals surface area contributed by atoms with Crippen LogP contribution in [0.2, 0.25) is 0 Å². The highest BCUT2D eigenvalue weighted by atomic mass is 32.2. The number of aromatic nitrogens is 1. The number of rotatable bonds is 4. The molecule has 0 radical (unpaired) electrons. The first-order chi connectivity index (χ1) is 10.3. The quantitative estimate of drug-likeness (QED) is 0.838. The summed E-state index contributed by atoms with van der Waals surface area (Å²) in [6, 6.07) is 8.66. The predicted molar refractivity (Wildman–Crippen MR) is 81.6 cm³/mol. The summed E-state index contributed by atoms with van der Waals surface area (Å²) >= 11 is 0. The Labute approximate surface area is 127 Å². The number of hydrogen-bond donors (Lipinski definition) is 2. The Morgan fingerprint density at radius 1 is 1.18 bits per heavy atom. The Balaban J connectivity index is 2.16. The van der Waals surface area contributed by atoms with Gasteiger partial charge in [-0.05, 0) is 25.1 Å². The van der Waals surface area contributed by atoms with Gasteiger partial charge < -0.3 is 10.3 Å². The second-order valence-corrected chi connectivity index (χ2v) is 6.45. The molecule has 22 heavy (non-hydrogen) atoms. The molecule has 1 heterocycles. The van der Waals surface area contributed by atoms with E-state index >= 15 is 0 Å². The fraction of sp³-hybridized carbons (Fsp3) is 0.143. The van der Waals surface area contributed by atoms with Gasteiger partial charge in [-0.1, -0.05) is 17.7 Å². The van der Waals surface area contributed by atoms with Crippen LogP contribution in [0, 0.1) is 6.92 Å². The first-order valence-electron chi connectivity index (χ1n) is 6.36. The number of carbonyl (C=O) groups excluding carboxylic acids is 1. The fourth-order valence-electron chi connectivity index (χ4n) is 1.79. The number of anilines is 1. The molecule has 0 saturated heterocycles. The van der Waals surface area contributed by atoms with Gasteiger partial charge in [-0.2, -0.15) is 0 Å². The lowest BCUT2D eigenvalue weighted by Crippen LogP contribution is -2.35. The van der Waals surface area contributed by atoms with Crippen molar-refractivity contribution in [2.75, 3.05) is 5.73 Å². The topological polar surface area (TPSA) is 111 Å². The third kappa shape index (κ3) is 3.73. The molecule has 0 fully saturated rings. The van der Waals surface area contributed by atoms with Crippen LogP contribution >= 0.6 is 0 Å². The Morgan fingerprint density at radius 2 is 1.82 bits per heavy atom. The van der Waals surface area contributed by atoms with Gasteiger partial charge in [-0.15, -0.1) is 0 Å². The standard InChI is InChI=1S/C14H15N3O4S/c1-10-2-5-12(6-3-10)22(20,21)16-13(18)9-17-8-11(15)4-7-14(17)19/h2-8H,9,15H2,1H3,(H,16,18). The lowest BCUT2D eigenvalue weighted by molar-refractivity contribution is -0.119. The molecule has 116 valence electrons. The molecule has 0 unspecified atom stereocenters. The van der Waals surface area contributed by atoms with E-state index in [1.54, 1.807) is 12.1 Å².